The molecule has 0 aliphatic carbocycles. The van der Waals surface area contributed by atoms with Crippen molar-refractivity contribution in [3.63, 3.8) is 0 Å². The van der Waals surface area contributed by atoms with Crippen LogP contribution in [0.15, 0.2) is 29.2 Å². The van der Waals surface area contributed by atoms with Gasteiger partial charge in [0.05, 0.1) is 31.5 Å². The predicted molar refractivity (Wildman–Crippen MR) is 97.1 cm³/mol. The van der Waals surface area contributed by atoms with Crippen LogP contribution in [0.1, 0.15) is 27.2 Å². The van der Waals surface area contributed by atoms with Gasteiger partial charge in [0.2, 0.25) is 5.91 Å². The van der Waals surface area contributed by atoms with Crippen molar-refractivity contribution in [3.8, 4) is 6.07 Å². The van der Waals surface area contributed by atoms with Gasteiger partial charge in [0, 0.05) is 28.6 Å². The van der Waals surface area contributed by atoms with Crippen molar-refractivity contribution in [1.82, 2.24) is 4.90 Å². The van der Waals surface area contributed by atoms with E-state index in [4.69, 9.17) is 10.00 Å². The van der Waals surface area contributed by atoms with Crippen LogP contribution in [-0.2, 0) is 9.53 Å². The highest BCUT2D eigenvalue weighted by atomic mass is 32.2. The van der Waals surface area contributed by atoms with E-state index in [0.717, 1.165) is 17.1 Å². The van der Waals surface area contributed by atoms with Gasteiger partial charge in [0.1, 0.15) is 0 Å². The first-order valence-corrected chi connectivity index (χ1v) is 9.05. The molecule has 1 heterocycles. The molecule has 1 aromatic rings. The number of rotatable bonds is 6. The minimum atomic E-state index is -0.134. The summed E-state index contributed by atoms with van der Waals surface area (Å²) in [7, 11) is 0. The molecule has 24 heavy (non-hydrogen) atoms. The van der Waals surface area contributed by atoms with Gasteiger partial charge in [-0.05, 0) is 26.0 Å². The van der Waals surface area contributed by atoms with Gasteiger partial charge in [0.25, 0.3) is 0 Å². The Morgan fingerprint density at radius 2 is 2.25 bits per heavy atom. The third-order valence-corrected chi connectivity index (χ3v) is 5.20. The number of carbonyl (C=O) groups excluding carboxylic acids is 1. The lowest BCUT2D eigenvalue weighted by Crippen LogP contribution is -2.55. The average Bonchev–Trinajstić information content (AvgIpc) is 2.51. The molecule has 1 saturated heterocycles. The number of anilines is 1. The molecule has 0 radical (unpaired) electrons. The monoisotopic (exact) mass is 347 g/mol. The van der Waals surface area contributed by atoms with Crippen LogP contribution in [0.5, 0.6) is 0 Å². The summed E-state index contributed by atoms with van der Waals surface area (Å²) in [5.74, 6) is -0.0223. The van der Waals surface area contributed by atoms with Crippen LogP contribution < -0.4 is 5.32 Å². The number of ether oxygens (including phenoxy) is 1. The smallest absolute Gasteiger partial charge is 0.238 e. The fourth-order valence-corrected chi connectivity index (χ4v) is 3.60. The molecule has 1 fully saturated rings. The summed E-state index contributed by atoms with van der Waals surface area (Å²) in [5.41, 5.74) is 0.675. The largest absolute Gasteiger partial charge is 0.378 e. The SMILES string of the molecule is CC(CC#N)Sc1ccccc1NC(=O)CN1CCOCC1(C)C. The first-order valence-electron chi connectivity index (χ1n) is 8.17. The molecule has 1 unspecified atom stereocenters. The minimum absolute atomic E-state index is 0.0223. The lowest BCUT2D eigenvalue weighted by atomic mass is 10.0. The molecule has 1 aliphatic rings. The molecule has 130 valence electrons. The molecule has 2 rings (SSSR count). The number of hydrogen-bond donors (Lipinski definition) is 1. The summed E-state index contributed by atoms with van der Waals surface area (Å²) in [4.78, 5) is 15.6. The van der Waals surface area contributed by atoms with E-state index < -0.39 is 0 Å². The third-order valence-electron chi connectivity index (χ3n) is 4.02. The van der Waals surface area contributed by atoms with E-state index in [-0.39, 0.29) is 16.7 Å². The molecular weight excluding hydrogens is 322 g/mol. The molecule has 5 nitrogen and oxygen atoms in total. The highest BCUT2D eigenvalue weighted by Crippen LogP contribution is 2.31. The maximum absolute atomic E-state index is 12.5. The number of thioether (sulfide) groups is 1. The normalized spacial score (nSPS) is 18.6. The van der Waals surface area contributed by atoms with E-state index in [0.29, 0.717) is 26.2 Å². The molecule has 1 aliphatic heterocycles. The summed E-state index contributed by atoms with van der Waals surface area (Å²) in [5, 5.41) is 12.0. The zero-order valence-corrected chi connectivity index (χ0v) is 15.4. The van der Waals surface area contributed by atoms with Crippen LogP contribution in [-0.4, -0.2) is 47.9 Å². The van der Waals surface area contributed by atoms with Gasteiger partial charge in [-0.2, -0.15) is 5.26 Å². The van der Waals surface area contributed by atoms with Crippen LogP contribution in [0, 0.1) is 11.3 Å². The number of carbonyl (C=O) groups is 1. The molecule has 1 aromatic carbocycles. The van der Waals surface area contributed by atoms with Gasteiger partial charge in [-0.25, -0.2) is 0 Å². The number of hydrogen-bond acceptors (Lipinski definition) is 5. The standard InChI is InChI=1S/C18H25N3O2S/c1-14(8-9-19)24-16-7-5-4-6-15(16)20-17(22)12-21-10-11-23-13-18(21,2)3/h4-7,14H,8,10-13H2,1-3H3,(H,20,22). The Morgan fingerprint density at radius 3 is 2.96 bits per heavy atom. The molecule has 0 aromatic heterocycles. The van der Waals surface area contributed by atoms with Crippen LogP contribution in [0.25, 0.3) is 0 Å². The van der Waals surface area contributed by atoms with E-state index in [9.17, 15) is 4.79 Å². The first kappa shape index (κ1) is 18.8. The Hall–Kier alpha value is -1.55. The maximum Gasteiger partial charge on any atom is 0.238 e. The molecular formula is C18H25N3O2S. The van der Waals surface area contributed by atoms with Crippen LogP contribution in [0.2, 0.25) is 0 Å². The molecule has 0 saturated carbocycles. The number of benzene rings is 1. The topological polar surface area (TPSA) is 65.4 Å². The first-order chi connectivity index (χ1) is 11.4. The predicted octanol–water partition coefficient (Wildman–Crippen LogP) is 3.13. The van der Waals surface area contributed by atoms with Gasteiger partial charge >= 0.3 is 0 Å². The van der Waals surface area contributed by atoms with Crippen molar-refractivity contribution in [2.24, 2.45) is 0 Å². The number of nitrogens with zero attached hydrogens (tertiary/aromatic N) is 2. The second kappa shape index (κ2) is 8.52. The van der Waals surface area contributed by atoms with Crippen molar-refractivity contribution in [3.05, 3.63) is 24.3 Å². The summed E-state index contributed by atoms with van der Waals surface area (Å²) < 4.78 is 5.50. The lowest BCUT2D eigenvalue weighted by Gasteiger charge is -2.41. The number of nitrogens with one attached hydrogen (secondary N) is 1. The Labute approximate surface area is 148 Å². The molecule has 1 atom stereocenters. The second-order valence-corrected chi connectivity index (χ2v) is 8.10. The Kier molecular flexibility index (Phi) is 6.67. The highest BCUT2D eigenvalue weighted by molar-refractivity contribution is 8.00. The summed E-state index contributed by atoms with van der Waals surface area (Å²) in [6, 6.07) is 9.93. The van der Waals surface area contributed by atoms with Crippen LogP contribution in [0.4, 0.5) is 5.69 Å². The second-order valence-electron chi connectivity index (χ2n) is 6.62. The fraction of sp³-hybridized carbons (Fsp3) is 0.556. The minimum Gasteiger partial charge on any atom is -0.378 e. The van der Waals surface area contributed by atoms with E-state index in [1.165, 1.54) is 0 Å². The summed E-state index contributed by atoms with van der Waals surface area (Å²) >= 11 is 1.61. The number of morpholine rings is 1. The number of para-hydroxylation sites is 1. The van der Waals surface area contributed by atoms with E-state index in [2.05, 4.69) is 30.1 Å². The zero-order chi connectivity index (χ0) is 17.6. The molecule has 1 amide bonds. The fourth-order valence-electron chi connectivity index (χ4n) is 2.61. The summed E-state index contributed by atoms with van der Waals surface area (Å²) in [6.07, 6.45) is 0.481. The van der Waals surface area contributed by atoms with Gasteiger partial charge in [-0.3, -0.25) is 9.69 Å². The Balaban J connectivity index is 2.00. The van der Waals surface area contributed by atoms with E-state index >= 15 is 0 Å². The van der Waals surface area contributed by atoms with Crippen molar-refractivity contribution < 1.29 is 9.53 Å². The molecule has 0 spiro atoms. The molecule has 6 heteroatoms. The number of nitriles is 1. The van der Waals surface area contributed by atoms with E-state index in [1.807, 2.05) is 31.2 Å². The maximum atomic E-state index is 12.5. The quantitative estimate of drug-likeness (QED) is 0.801. The highest BCUT2D eigenvalue weighted by Gasteiger charge is 2.31. The van der Waals surface area contributed by atoms with Crippen molar-refractivity contribution in [2.75, 3.05) is 31.6 Å². The molecule has 1 N–H and O–H groups in total. The third kappa shape index (κ3) is 5.23. The van der Waals surface area contributed by atoms with Gasteiger partial charge < -0.3 is 10.1 Å². The summed E-state index contributed by atoms with van der Waals surface area (Å²) in [6.45, 7) is 8.61. The van der Waals surface area contributed by atoms with Crippen LogP contribution >= 0.6 is 11.8 Å². The lowest BCUT2D eigenvalue weighted by molar-refractivity contribution is -0.122. The zero-order valence-electron chi connectivity index (χ0n) is 14.5. The Morgan fingerprint density at radius 1 is 1.50 bits per heavy atom. The number of amides is 1. The average molecular weight is 347 g/mol. The van der Waals surface area contributed by atoms with Gasteiger partial charge in [-0.1, -0.05) is 19.1 Å². The molecule has 0 bridgehead atoms. The van der Waals surface area contributed by atoms with Crippen molar-refractivity contribution in [2.45, 2.75) is 42.9 Å². The van der Waals surface area contributed by atoms with Crippen LogP contribution in [0.3, 0.4) is 0 Å². The van der Waals surface area contributed by atoms with Crippen molar-refractivity contribution >= 4 is 23.4 Å². The van der Waals surface area contributed by atoms with Gasteiger partial charge in [0.15, 0.2) is 0 Å². The van der Waals surface area contributed by atoms with Gasteiger partial charge in [-0.15, -0.1) is 11.8 Å². The van der Waals surface area contributed by atoms with Crippen molar-refractivity contribution in [1.29, 1.82) is 5.26 Å². The Bertz CT molecular complexity index is 613. The van der Waals surface area contributed by atoms with E-state index in [1.54, 1.807) is 11.8 Å².